The first-order chi connectivity index (χ1) is 11.3. The van der Waals surface area contributed by atoms with Gasteiger partial charge >= 0.3 is 0 Å². The lowest BCUT2D eigenvalue weighted by molar-refractivity contribution is 0.101. The molecule has 0 atom stereocenters. The van der Waals surface area contributed by atoms with Crippen molar-refractivity contribution in [2.75, 3.05) is 5.32 Å². The number of anilines is 1. The molecule has 0 bridgehead atoms. The Labute approximate surface area is 135 Å². The van der Waals surface area contributed by atoms with Gasteiger partial charge in [0.05, 0.1) is 0 Å². The predicted octanol–water partition coefficient (Wildman–Crippen LogP) is 4.21. The van der Waals surface area contributed by atoms with Gasteiger partial charge in [0.25, 0.3) is 5.91 Å². The normalized spacial score (nSPS) is 10.5. The molecule has 2 aromatic carbocycles. The lowest BCUT2D eigenvalue weighted by atomic mass is 10.0. The van der Waals surface area contributed by atoms with Crippen molar-refractivity contribution in [3.8, 4) is 11.1 Å². The fraction of sp³-hybridized carbons (Fsp3) is 0.158. The summed E-state index contributed by atoms with van der Waals surface area (Å²) in [6.45, 7) is 2.80. The zero-order chi connectivity index (χ0) is 16.1. The molecular formula is C19H19N3O. The number of rotatable bonds is 5. The number of hydrogen-bond acceptors (Lipinski definition) is 2. The number of carbonyl (C=O) groups is 1. The SMILES string of the molecule is CCCn1nccc1C(=O)Nc1ccccc1-c1ccccc1. The van der Waals surface area contributed by atoms with Crippen molar-refractivity contribution >= 4 is 11.6 Å². The third-order valence-corrected chi connectivity index (χ3v) is 3.64. The second-order valence-electron chi connectivity index (χ2n) is 5.31. The maximum Gasteiger partial charge on any atom is 0.273 e. The topological polar surface area (TPSA) is 46.9 Å². The first kappa shape index (κ1) is 15.0. The van der Waals surface area contributed by atoms with Gasteiger partial charge in [-0.3, -0.25) is 9.48 Å². The molecule has 0 aliphatic heterocycles. The molecule has 0 spiro atoms. The largest absolute Gasteiger partial charge is 0.320 e. The average molecular weight is 305 g/mol. The van der Waals surface area contributed by atoms with Crippen molar-refractivity contribution in [2.24, 2.45) is 0 Å². The number of para-hydroxylation sites is 1. The summed E-state index contributed by atoms with van der Waals surface area (Å²) in [5, 5.41) is 7.22. The van der Waals surface area contributed by atoms with Crippen LogP contribution in [0.5, 0.6) is 0 Å². The Morgan fingerprint density at radius 2 is 1.78 bits per heavy atom. The zero-order valence-electron chi connectivity index (χ0n) is 13.1. The van der Waals surface area contributed by atoms with Crippen LogP contribution in [-0.4, -0.2) is 15.7 Å². The molecule has 0 aliphatic carbocycles. The van der Waals surface area contributed by atoms with Crippen LogP contribution in [0.3, 0.4) is 0 Å². The number of benzene rings is 2. The number of aryl methyl sites for hydroxylation is 1. The predicted molar refractivity (Wildman–Crippen MR) is 92.3 cm³/mol. The maximum absolute atomic E-state index is 12.6. The third kappa shape index (κ3) is 3.31. The zero-order valence-corrected chi connectivity index (χ0v) is 13.1. The van der Waals surface area contributed by atoms with Gasteiger partial charge in [0.1, 0.15) is 5.69 Å². The molecule has 0 aliphatic rings. The third-order valence-electron chi connectivity index (χ3n) is 3.64. The second-order valence-corrected chi connectivity index (χ2v) is 5.31. The Bertz CT molecular complexity index is 793. The van der Waals surface area contributed by atoms with Gasteiger partial charge < -0.3 is 5.32 Å². The highest BCUT2D eigenvalue weighted by Crippen LogP contribution is 2.27. The van der Waals surface area contributed by atoms with E-state index < -0.39 is 0 Å². The molecule has 4 heteroatoms. The van der Waals surface area contributed by atoms with Crippen LogP contribution in [0.25, 0.3) is 11.1 Å². The fourth-order valence-electron chi connectivity index (χ4n) is 2.56. The molecule has 3 aromatic rings. The van der Waals surface area contributed by atoms with Gasteiger partial charge in [0.2, 0.25) is 0 Å². The van der Waals surface area contributed by atoms with Gasteiger partial charge in [-0.2, -0.15) is 5.10 Å². The smallest absolute Gasteiger partial charge is 0.273 e. The summed E-state index contributed by atoms with van der Waals surface area (Å²) in [4.78, 5) is 12.6. The molecule has 1 heterocycles. The minimum atomic E-state index is -0.140. The molecule has 0 unspecified atom stereocenters. The van der Waals surface area contributed by atoms with E-state index >= 15 is 0 Å². The van der Waals surface area contributed by atoms with Gasteiger partial charge in [0, 0.05) is 24.0 Å². The maximum atomic E-state index is 12.6. The molecule has 4 nitrogen and oxygen atoms in total. The number of aromatic nitrogens is 2. The van der Waals surface area contributed by atoms with Gasteiger partial charge in [-0.25, -0.2) is 0 Å². The van der Waals surface area contributed by atoms with Crippen LogP contribution in [0, 0.1) is 0 Å². The first-order valence-corrected chi connectivity index (χ1v) is 7.77. The van der Waals surface area contributed by atoms with Gasteiger partial charge in [0.15, 0.2) is 0 Å². The Hall–Kier alpha value is -2.88. The number of carbonyl (C=O) groups excluding carboxylic acids is 1. The minimum absolute atomic E-state index is 0.140. The molecule has 0 radical (unpaired) electrons. The fourth-order valence-corrected chi connectivity index (χ4v) is 2.56. The summed E-state index contributed by atoms with van der Waals surface area (Å²) < 4.78 is 1.74. The van der Waals surface area contributed by atoms with E-state index in [1.54, 1.807) is 16.9 Å². The monoisotopic (exact) mass is 305 g/mol. The van der Waals surface area contributed by atoms with Gasteiger partial charge in [-0.05, 0) is 24.1 Å². The van der Waals surface area contributed by atoms with E-state index in [-0.39, 0.29) is 5.91 Å². The van der Waals surface area contributed by atoms with Crippen LogP contribution in [0.4, 0.5) is 5.69 Å². The molecule has 116 valence electrons. The molecule has 1 N–H and O–H groups in total. The van der Waals surface area contributed by atoms with E-state index in [1.807, 2.05) is 54.6 Å². The molecule has 0 saturated carbocycles. The summed E-state index contributed by atoms with van der Waals surface area (Å²) in [7, 11) is 0. The Kier molecular flexibility index (Phi) is 4.52. The van der Waals surface area contributed by atoms with E-state index in [0.29, 0.717) is 5.69 Å². The standard InChI is InChI=1S/C19H19N3O/c1-2-14-22-18(12-13-20-22)19(23)21-17-11-7-6-10-16(17)15-8-4-3-5-9-15/h3-13H,2,14H2,1H3,(H,21,23). The summed E-state index contributed by atoms with van der Waals surface area (Å²) in [6, 6.07) is 19.6. The van der Waals surface area contributed by atoms with Crippen molar-refractivity contribution in [2.45, 2.75) is 19.9 Å². The molecule has 23 heavy (non-hydrogen) atoms. The summed E-state index contributed by atoms with van der Waals surface area (Å²) >= 11 is 0. The lowest BCUT2D eigenvalue weighted by Gasteiger charge is -2.12. The van der Waals surface area contributed by atoms with E-state index in [1.165, 1.54) is 0 Å². The van der Waals surface area contributed by atoms with Crippen LogP contribution >= 0.6 is 0 Å². The average Bonchev–Trinajstić information content (AvgIpc) is 3.05. The summed E-state index contributed by atoms with van der Waals surface area (Å²) in [5.74, 6) is -0.140. The van der Waals surface area contributed by atoms with E-state index in [9.17, 15) is 4.79 Å². The van der Waals surface area contributed by atoms with Crippen LogP contribution < -0.4 is 5.32 Å². The molecule has 1 aromatic heterocycles. The number of nitrogens with zero attached hydrogens (tertiary/aromatic N) is 2. The highest BCUT2D eigenvalue weighted by Gasteiger charge is 2.14. The molecular weight excluding hydrogens is 286 g/mol. The van der Waals surface area contributed by atoms with Gasteiger partial charge in [-0.1, -0.05) is 55.5 Å². The lowest BCUT2D eigenvalue weighted by Crippen LogP contribution is -2.18. The quantitative estimate of drug-likeness (QED) is 0.767. The number of nitrogens with one attached hydrogen (secondary N) is 1. The highest BCUT2D eigenvalue weighted by molar-refractivity contribution is 6.05. The second kappa shape index (κ2) is 6.92. The number of amides is 1. The summed E-state index contributed by atoms with van der Waals surface area (Å²) in [6.07, 6.45) is 2.59. The first-order valence-electron chi connectivity index (χ1n) is 7.77. The van der Waals surface area contributed by atoms with Crippen molar-refractivity contribution in [3.05, 3.63) is 72.6 Å². The minimum Gasteiger partial charge on any atom is -0.320 e. The van der Waals surface area contributed by atoms with Gasteiger partial charge in [-0.15, -0.1) is 0 Å². The summed E-state index contributed by atoms with van der Waals surface area (Å²) in [5.41, 5.74) is 3.45. The Morgan fingerprint density at radius 3 is 2.57 bits per heavy atom. The van der Waals surface area contributed by atoms with Crippen LogP contribution in [0.15, 0.2) is 66.9 Å². The highest BCUT2D eigenvalue weighted by atomic mass is 16.2. The molecule has 0 saturated heterocycles. The Balaban J connectivity index is 1.89. The molecule has 0 fully saturated rings. The molecule has 1 amide bonds. The van der Waals surface area contributed by atoms with E-state index in [4.69, 9.17) is 0 Å². The number of hydrogen-bond donors (Lipinski definition) is 1. The van der Waals surface area contributed by atoms with Crippen LogP contribution in [-0.2, 0) is 6.54 Å². The van der Waals surface area contributed by atoms with Crippen molar-refractivity contribution in [1.29, 1.82) is 0 Å². The van der Waals surface area contributed by atoms with Crippen LogP contribution in [0.2, 0.25) is 0 Å². The van der Waals surface area contributed by atoms with Crippen LogP contribution in [0.1, 0.15) is 23.8 Å². The Morgan fingerprint density at radius 1 is 1.04 bits per heavy atom. The molecule has 3 rings (SSSR count). The van der Waals surface area contributed by atoms with Crippen molar-refractivity contribution in [1.82, 2.24) is 9.78 Å². The van der Waals surface area contributed by atoms with E-state index in [0.717, 1.165) is 29.8 Å². The van der Waals surface area contributed by atoms with Crippen molar-refractivity contribution < 1.29 is 4.79 Å². The van der Waals surface area contributed by atoms with E-state index in [2.05, 4.69) is 17.3 Å². The van der Waals surface area contributed by atoms with Crippen molar-refractivity contribution in [3.63, 3.8) is 0 Å².